The van der Waals surface area contributed by atoms with E-state index >= 15 is 0 Å². The molecule has 0 heterocycles. The first-order chi connectivity index (χ1) is 8.99. The van der Waals surface area contributed by atoms with Gasteiger partial charge < -0.3 is 10.6 Å². The fourth-order valence-electron chi connectivity index (χ4n) is 1.90. The summed E-state index contributed by atoms with van der Waals surface area (Å²) in [6.07, 6.45) is 0. The van der Waals surface area contributed by atoms with Gasteiger partial charge in [0.25, 0.3) is 0 Å². The van der Waals surface area contributed by atoms with E-state index in [-0.39, 0.29) is 0 Å². The molecule has 2 nitrogen and oxygen atoms in total. The minimum Gasteiger partial charge on any atom is -0.389 e. The third-order valence-corrected chi connectivity index (χ3v) is 3.72. The Hall–Kier alpha value is -1.39. The van der Waals surface area contributed by atoms with Gasteiger partial charge in [-0.25, -0.2) is 0 Å². The molecule has 0 amide bonds. The molecule has 0 saturated carbocycles. The first-order valence-electron chi connectivity index (χ1n) is 5.89. The molecule has 2 aromatic carbocycles. The van der Waals surface area contributed by atoms with Crippen molar-refractivity contribution in [2.75, 3.05) is 11.9 Å². The zero-order chi connectivity index (χ0) is 14.0. The Kier molecular flexibility index (Phi) is 4.22. The van der Waals surface area contributed by atoms with Gasteiger partial charge in [0.2, 0.25) is 0 Å². The van der Waals surface area contributed by atoms with E-state index in [4.69, 9.17) is 18.0 Å². The number of anilines is 2. The molecule has 0 fully saturated rings. The van der Waals surface area contributed by atoms with Crippen LogP contribution < -0.4 is 10.6 Å². The fraction of sp³-hybridized carbons (Fsp3) is 0.133. The van der Waals surface area contributed by atoms with Crippen LogP contribution in [0.3, 0.4) is 0 Å². The van der Waals surface area contributed by atoms with Gasteiger partial charge in [0, 0.05) is 22.8 Å². The quantitative estimate of drug-likeness (QED) is 0.854. The number of benzene rings is 2. The highest BCUT2D eigenvalue weighted by molar-refractivity contribution is 9.10. The standard InChI is InChI=1S/C15H15BrN2S/c1-10-3-6-12(7-4-10)18(2)14-9-11(16)5-8-13(14)15(17)19/h3-9H,1-2H3,(H2,17,19). The maximum Gasteiger partial charge on any atom is 0.106 e. The van der Waals surface area contributed by atoms with E-state index in [1.807, 2.05) is 25.2 Å². The fourth-order valence-corrected chi connectivity index (χ4v) is 2.42. The van der Waals surface area contributed by atoms with Gasteiger partial charge in [-0.1, -0.05) is 45.8 Å². The van der Waals surface area contributed by atoms with Gasteiger partial charge in [0.05, 0.1) is 5.69 Å². The van der Waals surface area contributed by atoms with Crippen molar-refractivity contribution in [3.05, 3.63) is 58.1 Å². The summed E-state index contributed by atoms with van der Waals surface area (Å²) in [7, 11) is 2.01. The van der Waals surface area contributed by atoms with E-state index in [1.165, 1.54) is 5.56 Å². The number of halogens is 1. The second kappa shape index (κ2) is 5.72. The molecule has 0 aromatic heterocycles. The topological polar surface area (TPSA) is 29.3 Å². The lowest BCUT2D eigenvalue weighted by Gasteiger charge is -2.22. The van der Waals surface area contributed by atoms with Gasteiger partial charge in [0.1, 0.15) is 4.99 Å². The van der Waals surface area contributed by atoms with Crippen LogP contribution in [0.1, 0.15) is 11.1 Å². The van der Waals surface area contributed by atoms with E-state index in [2.05, 4.69) is 52.0 Å². The largest absolute Gasteiger partial charge is 0.389 e. The Balaban J connectivity index is 2.48. The van der Waals surface area contributed by atoms with Crippen molar-refractivity contribution in [2.45, 2.75) is 6.92 Å². The van der Waals surface area contributed by atoms with Crippen LogP contribution in [0.4, 0.5) is 11.4 Å². The van der Waals surface area contributed by atoms with Crippen LogP contribution in [0, 0.1) is 6.92 Å². The van der Waals surface area contributed by atoms with Gasteiger partial charge in [-0.15, -0.1) is 0 Å². The van der Waals surface area contributed by atoms with E-state index in [1.54, 1.807) is 0 Å². The van der Waals surface area contributed by atoms with Crippen LogP contribution in [-0.2, 0) is 0 Å². The Morgan fingerprint density at radius 1 is 1.16 bits per heavy atom. The molecule has 0 atom stereocenters. The Morgan fingerprint density at radius 2 is 1.79 bits per heavy atom. The first-order valence-corrected chi connectivity index (χ1v) is 7.09. The second-order valence-corrected chi connectivity index (χ2v) is 5.78. The minimum absolute atomic E-state index is 0.404. The zero-order valence-electron chi connectivity index (χ0n) is 10.9. The van der Waals surface area contributed by atoms with Gasteiger partial charge >= 0.3 is 0 Å². The summed E-state index contributed by atoms with van der Waals surface area (Å²) >= 11 is 8.61. The lowest BCUT2D eigenvalue weighted by Crippen LogP contribution is -2.17. The first kappa shape index (κ1) is 14.0. The third kappa shape index (κ3) is 3.14. The predicted molar refractivity (Wildman–Crippen MR) is 89.3 cm³/mol. The van der Waals surface area contributed by atoms with Gasteiger partial charge in [-0.2, -0.15) is 0 Å². The summed E-state index contributed by atoms with van der Waals surface area (Å²) in [5.74, 6) is 0. The summed E-state index contributed by atoms with van der Waals surface area (Å²) in [5.41, 5.74) is 10.00. The van der Waals surface area contributed by atoms with Crippen LogP contribution in [0.2, 0.25) is 0 Å². The molecule has 2 N–H and O–H groups in total. The third-order valence-electron chi connectivity index (χ3n) is 3.01. The molecule has 0 unspecified atom stereocenters. The monoisotopic (exact) mass is 334 g/mol. The number of hydrogen-bond donors (Lipinski definition) is 1. The molecule has 0 saturated heterocycles. The summed E-state index contributed by atoms with van der Waals surface area (Å²) in [6.45, 7) is 2.07. The molecule has 4 heteroatoms. The van der Waals surface area contributed by atoms with E-state index < -0.39 is 0 Å². The van der Waals surface area contributed by atoms with Crippen molar-refractivity contribution in [2.24, 2.45) is 5.73 Å². The molecule has 98 valence electrons. The molecular weight excluding hydrogens is 320 g/mol. The lowest BCUT2D eigenvalue weighted by molar-refractivity contribution is 1.20. The molecule has 0 aliphatic heterocycles. The molecule has 0 bridgehead atoms. The second-order valence-electron chi connectivity index (χ2n) is 4.42. The summed E-state index contributed by atoms with van der Waals surface area (Å²) < 4.78 is 1.00. The van der Waals surface area contributed by atoms with E-state index in [0.717, 1.165) is 21.4 Å². The smallest absolute Gasteiger partial charge is 0.106 e. The predicted octanol–water partition coefficient (Wildman–Crippen LogP) is 4.16. The SMILES string of the molecule is Cc1ccc(N(C)c2cc(Br)ccc2C(N)=S)cc1. The molecule has 0 aliphatic rings. The highest BCUT2D eigenvalue weighted by Crippen LogP contribution is 2.30. The van der Waals surface area contributed by atoms with Crippen molar-refractivity contribution in [3.63, 3.8) is 0 Å². The average Bonchev–Trinajstić information content (AvgIpc) is 2.38. The van der Waals surface area contributed by atoms with E-state index in [0.29, 0.717) is 4.99 Å². The number of nitrogens with two attached hydrogens (primary N) is 1. The maximum absolute atomic E-state index is 5.79. The van der Waals surface area contributed by atoms with Gasteiger partial charge in [-0.3, -0.25) is 0 Å². The molecule has 2 rings (SSSR count). The van der Waals surface area contributed by atoms with Crippen molar-refractivity contribution in [1.29, 1.82) is 0 Å². The van der Waals surface area contributed by atoms with Crippen LogP contribution in [-0.4, -0.2) is 12.0 Å². The zero-order valence-corrected chi connectivity index (χ0v) is 13.3. The minimum atomic E-state index is 0.404. The van der Waals surface area contributed by atoms with Crippen LogP contribution in [0.15, 0.2) is 46.9 Å². The highest BCUT2D eigenvalue weighted by atomic mass is 79.9. The normalized spacial score (nSPS) is 10.3. The molecule has 0 radical (unpaired) electrons. The van der Waals surface area contributed by atoms with Crippen molar-refractivity contribution < 1.29 is 0 Å². The van der Waals surface area contributed by atoms with Gasteiger partial charge in [0.15, 0.2) is 0 Å². The van der Waals surface area contributed by atoms with Crippen LogP contribution >= 0.6 is 28.1 Å². The number of rotatable bonds is 3. The van der Waals surface area contributed by atoms with Crippen LogP contribution in [0.25, 0.3) is 0 Å². The molecular formula is C15H15BrN2S. The Morgan fingerprint density at radius 3 is 2.37 bits per heavy atom. The van der Waals surface area contributed by atoms with Crippen molar-refractivity contribution in [3.8, 4) is 0 Å². The number of aryl methyl sites for hydroxylation is 1. The van der Waals surface area contributed by atoms with Crippen molar-refractivity contribution in [1.82, 2.24) is 0 Å². The Labute approximate surface area is 127 Å². The summed E-state index contributed by atoms with van der Waals surface area (Å²) in [6, 6.07) is 14.2. The summed E-state index contributed by atoms with van der Waals surface area (Å²) in [4.78, 5) is 2.49. The van der Waals surface area contributed by atoms with E-state index in [9.17, 15) is 0 Å². The lowest BCUT2D eigenvalue weighted by atomic mass is 10.1. The molecule has 2 aromatic rings. The maximum atomic E-state index is 5.79. The Bertz CT molecular complexity index is 608. The molecule has 0 spiro atoms. The molecule has 19 heavy (non-hydrogen) atoms. The number of hydrogen-bond acceptors (Lipinski definition) is 2. The molecule has 0 aliphatic carbocycles. The highest BCUT2D eigenvalue weighted by Gasteiger charge is 2.11. The average molecular weight is 335 g/mol. The summed E-state index contributed by atoms with van der Waals surface area (Å²) in [5, 5.41) is 0. The van der Waals surface area contributed by atoms with Crippen molar-refractivity contribution >= 4 is 44.5 Å². The number of nitrogens with zero attached hydrogens (tertiary/aromatic N) is 1. The van der Waals surface area contributed by atoms with Crippen LogP contribution in [0.5, 0.6) is 0 Å². The van der Waals surface area contributed by atoms with Gasteiger partial charge in [-0.05, 0) is 37.3 Å². The number of thiocarbonyl (C=S) groups is 1.